The van der Waals surface area contributed by atoms with Crippen LogP contribution in [-0.4, -0.2) is 14.5 Å². The first-order chi connectivity index (χ1) is 10.1. The number of aromatic nitrogens is 2. The van der Waals surface area contributed by atoms with E-state index in [-0.39, 0.29) is 23.4 Å². The van der Waals surface area contributed by atoms with Crippen molar-refractivity contribution in [1.82, 2.24) is 9.55 Å². The Morgan fingerprint density at radius 1 is 1.38 bits per heavy atom. The highest BCUT2D eigenvalue weighted by Gasteiger charge is 2.19. The lowest BCUT2D eigenvalue weighted by atomic mass is 10.1. The number of nitrogens with zero attached hydrogens (tertiary/aromatic N) is 3. The highest BCUT2D eigenvalue weighted by molar-refractivity contribution is 7.17. The van der Waals surface area contributed by atoms with E-state index in [9.17, 15) is 19.3 Å². The summed E-state index contributed by atoms with van der Waals surface area (Å²) in [6.07, 6.45) is 1.27. The van der Waals surface area contributed by atoms with Gasteiger partial charge in [0.2, 0.25) is 0 Å². The van der Waals surface area contributed by atoms with E-state index in [4.69, 9.17) is 0 Å². The SMILES string of the molecule is O=c1c2sccc2ncn1Cc1c(F)cccc1[N+](=O)[O-]. The molecule has 0 aliphatic rings. The maximum atomic E-state index is 13.8. The van der Waals surface area contributed by atoms with E-state index in [0.717, 1.165) is 6.07 Å². The molecule has 0 amide bonds. The second-order valence-corrected chi connectivity index (χ2v) is 5.22. The minimum atomic E-state index is -0.720. The number of benzene rings is 1. The van der Waals surface area contributed by atoms with Crippen LogP contribution >= 0.6 is 11.3 Å². The third-order valence-corrected chi connectivity index (χ3v) is 3.95. The van der Waals surface area contributed by atoms with Gasteiger partial charge < -0.3 is 0 Å². The predicted molar refractivity (Wildman–Crippen MR) is 76.0 cm³/mol. The van der Waals surface area contributed by atoms with E-state index in [1.54, 1.807) is 11.4 Å². The first kappa shape index (κ1) is 13.4. The van der Waals surface area contributed by atoms with Gasteiger partial charge in [-0.15, -0.1) is 11.3 Å². The second kappa shape index (κ2) is 5.06. The summed E-state index contributed by atoms with van der Waals surface area (Å²) in [5, 5.41) is 12.7. The summed E-state index contributed by atoms with van der Waals surface area (Å²) >= 11 is 1.23. The molecule has 0 bridgehead atoms. The average Bonchev–Trinajstić information content (AvgIpc) is 2.92. The Morgan fingerprint density at radius 3 is 2.95 bits per heavy atom. The average molecular weight is 305 g/mol. The number of nitro benzene ring substituents is 1. The first-order valence-electron chi connectivity index (χ1n) is 5.92. The fraction of sp³-hybridized carbons (Fsp3) is 0.0769. The maximum absolute atomic E-state index is 13.8. The van der Waals surface area contributed by atoms with E-state index in [1.807, 2.05) is 0 Å². The Bertz CT molecular complexity index is 903. The molecule has 2 heterocycles. The lowest BCUT2D eigenvalue weighted by Crippen LogP contribution is -2.21. The van der Waals surface area contributed by atoms with Gasteiger partial charge in [0.05, 0.1) is 28.9 Å². The van der Waals surface area contributed by atoms with Crippen LogP contribution < -0.4 is 5.56 Å². The van der Waals surface area contributed by atoms with Gasteiger partial charge in [-0.2, -0.15) is 0 Å². The quantitative estimate of drug-likeness (QED) is 0.550. The van der Waals surface area contributed by atoms with Crippen LogP contribution in [0.1, 0.15) is 5.56 Å². The highest BCUT2D eigenvalue weighted by atomic mass is 32.1. The fourth-order valence-electron chi connectivity index (χ4n) is 2.04. The third-order valence-electron chi connectivity index (χ3n) is 3.06. The molecule has 8 heteroatoms. The number of hydrogen-bond acceptors (Lipinski definition) is 5. The van der Waals surface area contributed by atoms with Crippen molar-refractivity contribution in [2.24, 2.45) is 0 Å². The second-order valence-electron chi connectivity index (χ2n) is 4.31. The molecule has 0 unspecified atom stereocenters. The van der Waals surface area contributed by atoms with Crippen molar-refractivity contribution in [1.29, 1.82) is 0 Å². The van der Waals surface area contributed by atoms with E-state index < -0.39 is 10.7 Å². The van der Waals surface area contributed by atoms with Crippen LogP contribution in [0, 0.1) is 15.9 Å². The Labute approximate surface area is 121 Å². The number of halogens is 1. The summed E-state index contributed by atoms with van der Waals surface area (Å²) in [6, 6.07) is 5.31. The van der Waals surface area contributed by atoms with Crippen LogP contribution in [0.15, 0.2) is 40.8 Å². The van der Waals surface area contributed by atoms with Gasteiger partial charge in [-0.05, 0) is 17.5 Å². The van der Waals surface area contributed by atoms with E-state index in [1.165, 1.54) is 34.4 Å². The van der Waals surface area contributed by atoms with Gasteiger partial charge in [-0.25, -0.2) is 9.37 Å². The zero-order valence-electron chi connectivity index (χ0n) is 10.5. The molecule has 0 fully saturated rings. The Balaban J connectivity index is 2.13. The Morgan fingerprint density at radius 2 is 2.19 bits per heavy atom. The van der Waals surface area contributed by atoms with Gasteiger partial charge in [-0.1, -0.05) is 6.07 Å². The summed E-state index contributed by atoms with van der Waals surface area (Å²) in [4.78, 5) is 26.6. The molecule has 1 aromatic carbocycles. The topological polar surface area (TPSA) is 78.0 Å². The molecule has 3 aromatic rings. The van der Waals surface area contributed by atoms with Crippen molar-refractivity contribution in [3.63, 3.8) is 0 Å². The van der Waals surface area contributed by atoms with Crippen LogP contribution in [-0.2, 0) is 6.54 Å². The number of rotatable bonds is 3. The standard InChI is InChI=1S/C13H8FN3O3S/c14-9-2-1-3-11(17(19)20)8(9)6-16-7-15-10-4-5-21-12(10)13(16)18/h1-5,7H,6H2. The van der Waals surface area contributed by atoms with Crippen molar-refractivity contribution in [2.45, 2.75) is 6.54 Å². The minimum Gasteiger partial charge on any atom is -0.293 e. The fourth-order valence-corrected chi connectivity index (χ4v) is 2.83. The Hall–Kier alpha value is -2.61. The number of fused-ring (bicyclic) bond motifs is 1. The van der Waals surface area contributed by atoms with Gasteiger partial charge in [0.15, 0.2) is 0 Å². The molecule has 0 aliphatic carbocycles. The summed E-state index contributed by atoms with van der Waals surface area (Å²) in [5.41, 5.74) is -0.271. The zero-order valence-corrected chi connectivity index (χ0v) is 11.3. The summed E-state index contributed by atoms with van der Waals surface area (Å²) in [7, 11) is 0. The predicted octanol–water partition coefficient (Wildman–Crippen LogP) is 2.55. The van der Waals surface area contributed by atoms with Crippen LogP contribution in [0.3, 0.4) is 0 Å². The van der Waals surface area contributed by atoms with E-state index in [2.05, 4.69) is 4.98 Å². The molecule has 6 nitrogen and oxygen atoms in total. The zero-order chi connectivity index (χ0) is 15.0. The van der Waals surface area contributed by atoms with Crippen LogP contribution in [0.4, 0.5) is 10.1 Å². The molecule has 0 aliphatic heterocycles. The first-order valence-corrected chi connectivity index (χ1v) is 6.80. The van der Waals surface area contributed by atoms with Crippen LogP contribution in [0.25, 0.3) is 10.2 Å². The van der Waals surface area contributed by atoms with Crippen LogP contribution in [0.2, 0.25) is 0 Å². The summed E-state index contributed by atoms with van der Waals surface area (Å²) in [6.45, 7) is -0.233. The van der Waals surface area contributed by atoms with Crippen LogP contribution in [0.5, 0.6) is 0 Å². The largest absolute Gasteiger partial charge is 0.293 e. The smallest absolute Gasteiger partial charge is 0.277 e. The number of nitro groups is 1. The number of hydrogen-bond donors (Lipinski definition) is 0. The molecule has 0 radical (unpaired) electrons. The minimum absolute atomic E-state index is 0.137. The normalized spacial score (nSPS) is 10.9. The monoisotopic (exact) mass is 305 g/mol. The lowest BCUT2D eigenvalue weighted by Gasteiger charge is -2.07. The molecule has 0 saturated heterocycles. The molecule has 0 atom stereocenters. The van der Waals surface area contributed by atoms with Crippen molar-refractivity contribution in [3.05, 3.63) is 67.8 Å². The lowest BCUT2D eigenvalue weighted by molar-refractivity contribution is -0.385. The molecular formula is C13H8FN3O3S. The van der Waals surface area contributed by atoms with Crippen molar-refractivity contribution >= 4 is 27.2 Å². The van der Waals surface area contributed by atoms with Crippen molar-refractivity contribution < 1.29 is 9.31 Å². The molecule has 21 heavy (non-hydrogen) atoms. The maximum Gasteiger partial charge on any atom is 0.277 e. The molecule has 2 aromatic heterocycles. The number of thiophene rings is 1. The highest BCUT2D eigenvalue weighted by Crippen LogP contribution is 2.22. The van der Waals surface area contributed by atoms with Gasteiger partial charge in [0, 0.05) is 6.07 Å². The third kappa shape index (κ3) is 2.29. The molecule has 0 saturated carbocycles. The van der Waals surface area contributed by atoms with Crippen molar-refractivity contribution in [2.75, 3.05) is 0 Å². The van der Waals surface area contributed by atoms with Crippen molar-refractivity contribution in [3.8, 4) is 0 Å². The van der Waals surface area contributed by atoms with E-state index >= 15 is 0 Å². The van der Waals surface area contributed by atoms with Gasteiger partial charge in [-0.3, -0.25) is 19.5 Å². The molecule has 0 spiro atoms. The molecule has 106 valence electrons. The molecule has 3 rings (SSSR count). The van der Waals surface area contributed by atoms with Gasteiger partial charge >= 0.3 is 0 Å². The van der Waals surface area contributed by atoms with Gasteiger partial charge in [0.25, 0.3) is 11.2 Å². The Kier molecular flexibility index (Phi) is 3.22. The van der Waals surface area contributed by atoms with E-state index in [0.29, 0.717) is 10.2 Å². The summed E-state index contributed by atoms with van der Waals surface area (Å²) in [5.74, 6) is -0.720. The molecular weight excluding hydrogens is 297 g/mol. The summed E-state index contributed by atoms with van der Waals surface area (Å²) < 4.78 is 15.5. The molecule has 0 N–H and O–H groups in total. The van der Waals surface area contributed by atoms with Gasteiger partial charge in [0.1, 0.15) is 10.5 Å².